The Morgan fingerprint density at radius 1 is 1.16 bits per heavy atom. The van der Waals surface area contributed by atoms with E-state index >= 15 is 0 Å². The zero-order chi connectivity index (χ0) is 13.2. The van der Waals surface area contributed by atoms with E-state index in [9.17, 15) is 0 Å². The van der Waals surface area contributed by atoms with Crippen molar-refractivity contribution in [3.8, 4) is 0 Å². The van der Waals surface area contributed by atoms with Gasteiger partial charge in [0, 0.05) is 18.7 Å². The van der Waals surface area contributed by atoms with Crippen LogP contribution in [0.1, 0.15) is 44.6 Å². The van der Waals surface area contributed by atoms with Gasteiger partial charge >= 0.3 is 0 Å². The summed E-state index contributed by atoms with van der Waals surface area (Å²) in [6.07, 6.45) is 9.21. The van der Waals surface area contributed by atoms with Crippen LogP contribution < -0.4 is 10.6 Å². The third kappa shape index (κ3) is 3.17. The van der Waals surface area contributed by atoms with Gasteiger partial charge in [0.15, 0.2) is 0 Å². The van der Waals surface area contributed by atoms with E-state index in [0.717, 1.165) is 49.1 Å². The predicted molar refractivity (Wildman–Crippen MR) is 78.1 cm³/mol. The van der Waals surface area contributed by atoms with Crippen molar-refractivity contribution in [3.63, 3.8) is 0 Å². The monoisotopic (exact) mass is 260 g/mol. The molecule has 0 saturated heterocycles. The van der Waals surface area contributed by atoms with Crippen LogP contribution in [0.3, 0.4) is 0 Å². The second kappa shape index (κ2) is 5.35. The molecule has 2 aliphatic carbocycles. The Bertz CT molecular complexity index is 424. The summed E-state index contributed by atoms with van der Waals surface area (Å²) in [5.41, 5.74) is 7.22. The van der Waals surface area contributed by atoms with Gasteiger partial charge in [-0.1, -0.05) is 13.3 Å². The molecule has 1 aromatic heterocycles. The Labute approximate surface area is 115 Å². The van der Waals surface area contributed by atoms with E-state index in [0.29, 0.717) is 5.82 Å². The van der Waals surface area contributed by atoms with Gasteiger partial charge in [0.25, 0.3) is 0 Å². The molecule has 2 aliphatic rings. The van der Waals surface area contributed by atoms with Gasteiger partial charge in [0.2, 0.25) is 0 Å². The van der Waals surface area contributed by atoms with Gasteiger partial charge in [-0.15, -0.1) is 0 Å². The van der Waals surface area contributed by atoms with Crippen LogP contribution in [0.4, 0.5) is 11.6 Å². The molecule has 2 N–H and O–H groups in total. The number of hydrogen-bond donors (Lipinski definition) is 1. The minimum atomic E-state index is 0.670. The number of nitrogens with zero attached hydrogens (tertiary/aromatic N) is 3. The molecule has 1 aromatic rings. The third-order valence-electron chi connectivity index (χ3n) is 4.11. The zero-order valence-corrected chi connectivity index (χ0v) is 11.8. The van der Waals surface area contributed by atoms with Crippen molar-refractivity contribution >= 4 is 11.6 Å². The maximum absolute atomic E-state index is 6.06. The number of hydrogen-bond acceptors (Lipinski definition) is 4. The molecule has 1 heterocycles. The Balaban J connectivity index is 1.83. The molecular weight excluding hydrogens is 236 g/mol. The van der Waals surface area contributed by atoms with Gasteiger partial charge in [-0.05, 0) is 43.9 Å². The summed E-state index contributed by atoms with van der Waals surface area (Å²) in [6.45, 7) is 4.50. The second-order valence-corrected chi connectivity index (χ2v) is 6.10. The molecular formula is C15H24N4. The molecule has 0 bridgehead atoms. The van der Waals surface area contributed by atoms with E-state index in [4.69, 9.17) is 5.73 Å². The van der Waals surface area contributed by atoms with E-state index in [1.807, 2.05) is 0 Å². The predicted octanol–water partition coefficient (Wildman–Crippen LogP) is 2.64. The minimum Gasteiger partial charge on any atom is -0.383 e. The smallest absolute Gasteiger partial charge is 0.137 e. The number of rotatable bonds is 7. The summed E-state index contributed by atoms with van der Waals surface area (Å²) < 4.78 is 0. The fraction of sp³-hybridized carbons (Fsp3) is 0.733. The number of aromatic nitrogens is 2. The van der Waals surface area contributed by atoms with Gasteiger partial charge in [-0.2, -0.15) is 0 Å². The largest absolute Gasteiger partial charge is 0.383 e. The van der Waals surface area contributed by atoms with Crippen LogP contribution in [0, 0.1) is 11.8 Å². The van der Waals surface area contributed by atoms with E-state index in [1.54, 1.807) is 6.33 Å². The molecule has 0 spiro atoms. The first kappa shape index (κ1) is 12.7. The third-order valence-corrected chi connectivity index (χ3v) is 4.11. The number of anilines is 2. The van der Waals surface area contributed by atoms with Gasteiger partial charge in [-0.25, -0.2) is 9.97 Å². The van der Waals surface area contributed by atoms with Gasteiger partial charge < -0.3 is 10.6 Å². The Kier molecular flexibility index (Phi) is 3.58. The quantitative estimate of drug-likeness (QED) is 0.819. The maximum Gasteiger partial charge on any atom is 0.137 e. The van der Waals surface area contributed by atoms with Crippen LogP contribution in [0.5, 0.6) is 0 Å². The van der Waals surface area contributed by atoms with Crippen LogP contribution in [0.2, 0.25) is 0 Å². The highest BCUT2D eigenvalue weighted by molar-refractivity contribution is 5.57. The lowest BCUT2D eigenvalue weighted by molar-refractivity contribution is 0.665. The van der Waals surface area contributed by atoms with Crippen LogP contribution in [0.15, 0.2) is 6.33 Å². The molecule has 0 aromatic carbocycles. The van der Waals surface area contributed by atoms with Crippen molar-refractivity contribution in [1.29, 1.82) is 0 Å². The van der Waals surface area contributed by atoms with Crippen molar-refractivity contribution in [2.75, 3.05) is 23.7 Å². The summed E-state index contributed by atoms with van der Waals surface area (Å²) in [5, 5.41) is 0. The Morgan fingerprint density at radius 3 is 2.32 bits per heavy atom. The normalized spacial score (nSPS) is 18.6. The summed E-state index contributed by atoms with van der Waals surface area (Å²) in [5.74, 6) is 3.53. The second-order valence-electron chi connectivity index (χ2n) is 6.10. The zero-order valence-electron chi connectivity index (χ0n) is 11.8. The van der Waals surface area contributed by atoms with Crippen LogP contribution in [-0.4, -0.2) is 23.1 Å². The van der Waals surface area contributed by atoms with Crippen molar-refractivity contribution in [2.45, 2.75) is 45.4 Å². The highest BCUT2D eigenvalue weighted by Gasteiger charge is 2.31. The summed E-state index contributed by atoms with van der Waals surface area (Å²) in [4.78, 5) is 11.2. The molecule has 0 radical (unpaired) electrons. The molecule has 0 aliphatic heterocycles. The highest BCUT2D eigenvalue weighted by atomic mass is 15.2. The maximum atomic E-state index is 6.06. The minimum absolute atomic E-state index is 0.670. The van der Waals surface area contributed by atoms with Crippen molar-refractivity contribution in [3.05, 3.63) is 11.9 Å². The van der Waals surface area contributed by atoms with Crippen LogP contribution in [0.25, 0.3) is 0 Å². The lowest BCUT2D eigenvalue weighted by Gasteiger charge is -2.26. The first-order valence-corrected chi connectivity index (χ1v) is 7.62. The summed E-state index contributed by atoms with van der Waals surface area (Å²) >= 11 is 0. The van der Waals surface area contributed by atoms with E-state index in [1.165, 1.54) is 25.7 Å². The molecule has 3 rings (SSSR count). The molecule has 19 heavy (non-hydrogen) atoms. The molecule has 4 nitrogen and oxygen atoms in total. The number of nitrogen functional groups attached to an aromatic ring is 1. The van der Waals surface area contributed by atoms with E-state index in [2.05, 4.69) is 21.8 Å². The fourth-order valence-electron chi connectivity index (χ4n) is 2.65. The van der Waals surface area contributed by atoms with E-state index < -0.39 is 0 Å². The average Bonchev–Trinajstić information content (AvgIpc) is 3.26. The lowest BCUT2D eigenvalue weighted by Crippen LogP contribution is -2.30. The standard InChI is InChI=1S/C15H24N4/c1-2-3-13-14(16)17-10-18-15(13)19(8-11-4-5-11)9-12-6-7-12/h10-12H,2-9H2,1H3,(H2,16,17,18). The fourth-order valence-corrected chi connectivity index (χ4v) is 2.65. The summed E-state index contributed by atoms with van der Waals surface area (Å²) in [6, 6.07) is 0. The lowest BCUT2D eigenvalue weighted by atomic mass is 10.1. The molecule has 4 heteroatoms. The molecule has 0 atom stereocenters. The SMILES string of the molecule is CCCc1c(N)ncnc1N(CC1CC1)CC1CC1. The van der Waals surface area contributed by atoms with Gasteiger partial charge in [-0.3, -0.25) is 0 Å². The Hall–Kier alpha value is -1.32. The van der Waals surface area contributed by atoms with Crippen molar-refractivity contribution in [2.24, 2.45) is 11.8 Å². The number of nitrogens with two attached hydrogens (primary N) is 1. The molecule has 2 fully saturated rings. The Morgan fingerprint density at radius 2 is 1.79 bits per heavy atom. The average molecular weight is 260 g/mol. The van der Waals surface area contributed by atoms with Crippen molar-refractivity contribution in [1.82, 2.24) is 9.97 Å². The first-order valence-electron chi connectivity index (χ1n) is 7.62. The first-order chi connectivity index (χ1) is 9.28. The molecule has 104 valence electrons. The van der Waals surface area contributed by atoms with Gasteiger partial charge in [0.1, 0.15) is 18.0 Å². The van der Waals surface area contributed by atoms with E-state index in [-0.39, 0.29) is 0 Å². The molecule has 0 unspecified atom stereocenters. The summed E-state index contributed by atoms with van der Waals surface area (Å²) in [7, 11) is 0. The molecule has 0 amide bonds. The highest BCUT2D eigenvalue weighted by Crippen LogP contribution is 2.36. The van der Waals surface area contributed by atoms with Crippen LogP contribution in [-0.2, 0) is 6.42 Å². The van der Waals surface area contributed by atoms with Crippen LogP contribution >= 0.6 is 0 Å². The molecule has 2 saturated carbocycles. The van der Waals surface area contributed by atoms with Crippen molar-refractivity contribution < 1.29 is 0 Å². The topological polar surface area (TPSA) is 55.0 Å². The van der Waals surface area contributed by atoms with Gasteiger partial charge in [0.05, 0.1) is 0 Å².